The van der Waals surface area contributed by atoms with E-state index in [9.17, 15) is 14.1 Å². The Hall–Kier alpha value is -2.56. The fourth-order valence-electron chi connectivity index (χ4n) is 3.73. The number of carbonyl (C=O) groups is 1. The van der Waals surface area contributed by atoms with E-state index >= 15 is 0 Å². The minimum Gasteiger partial charge on any atom is -0.326 e. The maximum Gasteiger partial charge on any atom is 0.224 e. The standard InChI is InChI=1S/C21H23FN2O2/c22-19-8-10-20(11-9-19)24-21(25)13-15-4-6-17(7-5-15)18-3-1-2-16(12-18)14-23-26/h1-3,8-12,15,17H,4-7,13-14H2,(H,24,25)/t15-,17-. The number of halogens is 1. The van der Waals surface area contributed by atoms with Crippen molar-refractivity contribution in [2.24, 2.45) is 11.1 Å². The third kappa shape index (κ3) is 4.97. The molecule has 136 valence electrons. The number of hydrogen-bond acceptors (Lipinski definition) is 3. The number of amides is 1. The zero-order valence-corrected chi connectivity index (χ0v) is 14.7. The molecule has 0 unspecified atom stereocenters. The molecular weight excluding hydrogens is 331 g/mol. The van der Waals surface area contributed by atoms with Crippen molar-refractivity contribution < 1.29 is 9.18 Å². The summed E-state index contributed by atoms with van der Waals surface area (Å²) in [5.74, 6) is 0.540. The summed E-state index contributed by atoms with van der Waals surface area (Å²) in [6.45, 7) is 0.215. The molecule has 0 heterocycles. The Bertz CT molecular complexity index is 753. The highest BCUT2D eigenvalue weighted by molar-refractivity contribution is 5.90. The smallest absolute Gasteiger partial charge is 0.224 e. The van der Waals surface area contributed by atoms with Gasteiger partial charge in [-0.25, -0.2) is 4.39 Å². The molecule has 0 aromatic heterocycles. The first kappa shape index (κ1) is 18.2. The summed E-state index contributed by atoms with van der Waals surface area (Å²) in [4.78, 5) is 22.6. The van der Waals surface area contributed by atoms with Crippen LogP contribution in [0.1, 0.15) is 49.1 Å². The summed E-state index contributed by atoms with van der Waals surface area (Å²) in [6, 6.07) is 13.9. The zero-order chi connectivity index (χ0) is 18.4. The fourth-order valence-corrected chi connectivity index (χ4v) is 3.73. The molecule has 1 aliphatic rings. The first-order chi connectivity index (χ1) is 12.6. The van der Waals surface area contributed by atoms with Crippen molar-refractivity contribution in [2.75, 3.05) is 5.32 Å². The van der Waals surface area contributed by atoms with Crippen molar-refractivity contribution in [3.8, 4) is 0 Å². The maximum absolute atomic E-state index is 12.9. The molecule has 5 heteroatoms. The highest BCUT2D eigenvalue weighted by Crippen LogP contribution is 2.37. The van der Waals surface area contributed by atoms with Gasteiger partial charge in [0.1, 0.15) is 12.4 Å². The second-order valence-electron chi connectivity index (χ2n) is 7.01. The van der Waals surface area contributed by atoms with E-state index in [1.165, 1.54) is 17.7 Å². The zero-order valence-electron chi connectivity index (χ0n) is 14.7. The largest absolute Gasteiger partial charge is 0.326 e. The van der Waals surface area contributed by atoms with Crippen molar-refractivity contribution in [2.45, 2.75) is 44.6 Å². The lowest BCUT2D eigenvalue weighted by Gasteiger charge is -2.28. The molecule has 0 saturated heterocycles. The van der Waals surface area contributed by atoms with Crippen molar-refractivity contribution in [1.82, 2.24) is 0 Å². The number of nitrogens with one attached hydrogen (secondary N) is 1. The Morgan fingerprint density at radius 2 is 1.81 bits per heavy atom. The van der Waals surface area contributed by atoms with E-state index in [4.69, 9.17) is 0 Å². The van der Waals surface area contributed by atoms with Crippen LogP contribution in [-0.2, 0) is 11.3 Å². The number of anilines is 1. The van der Waals surface area contributed by atoms with E-state index in [0.29, 0.717) is 23.9 Å². The Balaban J connectivity index is 1.49. The molecule has 2 aromatic rings. The Kier molecular flexibility index (Phi) is 6.10. The van der Waals surface area contributed by atoms with Crippen molar-refractivity contribution >= 4 is 11.6 Å². The van der Waals surface area contributed by atoms with Crippen LogP contribution >= 0.6 is 0 Å². The second kappa shape index (κ2) is 8.70. The van der Waals surface area contributed by atoms with Crippen molar-refractivity contribution in [3.63, 3.8) is 0 Å². The van der Waals surface area contributed by atoms with Crippen LogP contribution < -0.4 is 5.32 Å². The average molecular weight is 354 g/mol. The number of carbonyl (C=O) groups excluding carboxylic acids is 1. The van der Waals surface area contributed by atoms with Crippen molar-refractivity contribution in [3.05, 3.63) is 70.4 Å². The molecule has 26 heavy (non-hydrogen) atoms. The molecule has 0 atom stereocenters. The number of benzene rings is 2. The van der Waals surface area contributed by atoms with E-state index in [1.807, 2.05) is 12.1 Å². The van der Waals surface area contributed by atoms with Gasteiger partial charge in [-0.1, -0.05) is 29.4 Å². The normalized spacial score (nSPS) is 19.7. The molecule has 1 N–H and O–H groups in total. The van der Waals surface area contributed by atoms with Gasteiger partial charge in [-0.2, -0.15) is 4.91 Å². The minimum absolute atomic E-state index is 0.0147. The van der Waals surface area contributed by atoms with E-state index in [2.05, 4.69) is 22.6 Å². The minimum atomic E-state index is -0.311. The van der Waals surface area contributed by atoms with Crippen LogP contribution in [0.25, 0.3) is 0 Å². The topological polar surface area (TPSA) is 58.5 Å². The molecule has 1 saturated carbocycles. The number of nitrogens with zero attached hydrogens (tertiary/aromatic N) is 1. The highest BCUT2D eigenvalue weighted by Gasteiger charge is 2.24. The van der Waals surface area contributed by atoms with Gasteiger partial charge < -0.3 is 5.32 Å². The van der Waals surface area contributed by atoms with Gasteiger partial charge in [-0.15, -0.1) is 0 Å². The van der Waals surface area contributed by atoms with Crippen LogP contribution in [-0.4, -0.2) is 5.91 Å². The third-order valence-electron chi connectivity index (χ3n) is 5.12. The summed E-state index contributed by atoms with van der Waals surface area (Å²) in [5, 5.41) is 5.80. The molecule has 1 fully saturated rings. The molecule has 0 spiro atoms. The lowest BCUT2D eigenvalue weighted by molar-refractivity contribution is -0.117. The summed E-state index contributed by atoms with van der Waals surface area (Å²) >= 11 is 0. The first-order valence-electron chi connectivity index (χ1n) is 9.07. The Labute approximate surface area is 152 Å². The first-order valence-corrected chi connectivity index (χ1v) is 9.07. The lowest BCUT2D eigenvalue weighted by Crippen LogP contribution is -2.20. The predicted molar refractivity (Wildman–Crippen MR) is 100 cm³/mol. The van der Waals surface area contributed by atoms with Gasteiger partial charge in [-0.3, -0.25) is 4.79 Å². The van der Waals surface area contributed by atoms with Crippen LogP contribution in [0, 0.1) is 16.6 Å². The predicted octanol–water partition coefficient (Wildman–Crippen LogP) is 5.39. The number of hydrogen-bond donors (Lipinski definition) is 1. The van der Waals surface area contributed by atoms with Gasteiger partial charge in [0.2, 0.25) is 5.91 Å². The van der Waals surface area contributed by atoms with Crippen LogP contribution in [0.4, 0.5) is 10.1 Å². The molecule has 0 radical (unpaired) electrons. The van der Waals surface area contributed by atoms with Crippen LogP contribution in [0.15, 0.2) is 53.7 Å². The maximum atomic E-state index is 12.9. The average Bonchev–Trinajstić information content (AvgIpc) is 2.65. The monoisotopic (exact) mass is 354 g/mol. The summed E-state index contributed by atoms with van der Waals surface area (Å²) < 4.78 is 12.9. The molecule has 4 nitrogen and oxygen atoms in total. The van der Waals surface area contributed by atoms with Gasteiger partial charge in [-0.05, 0) is 72.9 Å². The fraction of sp³-hybridized carbons (Fsp3) is 0.381. The van der Waals surface area contributed by atoms with Crippen LogP contribution in [0.5, 0.6) is 0 Å². The van der Waals surface area contributed by atoms with Gasteiger partial charge in [0.05, 0.1) is 0 Å². The highest BCUT2D eigenvalue weighted by atomic mass is 19.1. The van der Waals surface area contributed by atoms with Crippen molar-refractivity contribution in [1.29, 1.82) is 0 Å². The molecular formula is C21H23FN2O2. The Morgan fingerprint density at radius 1 is 1.08 bits per heavy atom. The van der Waals surface area contributed by atoms with Crippen LogP contribution in [0.2, 0.25) is 0 Å². The molecule has 1 aliphatic carbocycles. The Morgan fingerprint density at radius 3 is 2.50 bits per heavy atom. The van der Waals surface area contributed by atoms with E-state index in [0.717, 1.165) is 31.2 Å². The van der Waals surface area contributed by atoms with Gasteiger partial charge >= 0.3 is 0 Å². The lowest BCUT2D eigenvalue weighted by atomic mass is 9.77. The van der Waals surface area contributed by atoms with Gasteiger partial charge in [0.25, 0.3) is 0 Å². The second-order valence-corrected chi connectivity index (χ2v) is 7.01. The molecule has 3 rings (SSSR count). The van der Waals surface area contributed by atoms with E-state index < -0.39 is 0 Å². The quantitative estimate of drug-likeness (QED) is 0.707. The molecule has 0 bridgehead atoms. The number of nitroso groups, excluding NO2 is 1. The van der Waals surface area contributed by atoms with Gasteiger partial charge in [0.15, 0.2) is 0 Å². The van der Waals surface area contributed by atoms with E-state index in [-0.39, 0.29) is 18.3 Å². The summed E-state index contributed by atoms with van der Waals surface area (Å²) in [7, 11) is 0. The SMILES string of the molecule is O=NCc1cccc([C@H]2CC[C@H](CC(=O)Nc3ccc(F)cc3)CC2)c1. The van der Waals surface area contributed by atoms with E-state index in [1.54, 1.807) is 12.1 Å². The molecule has 1 amide bonds. The van der Waals surface area contributed by atoms with Gasteiger partial charge in [0, 0.05) is 12.1 Å². The summed E-state index contributed by atoms with van der Waals surface area (Å²) in [5.41, 5.74) is 2.85. The third-order valence-corrected chi connectivity index (χ3v) is 5.12. The number of rotatable bonds is 6. The molecule has 0 aliphatic heterocycles. The molecule has 2 aromatic carbocycles. The van der Waals surface area contributed by atoms with Crippen LogP contribution in [0.3, 0.4) is 0 Å². The summed E-state index contributed by atoms with van der Waals surface area (Å²) in [6.07, 6.45) is 4.62.